The molecule has 0 unspecified atom stereocenters. The first-order valence-corrected chi connectivity index (χ1v) is 36.4. The molecule has 3 fully saturated rings. The van der Waals surface area contributed by atoms with Crippen LogP contribution in [0.25, 0.3) is 0 Å². The van der Waals surface area contributed by atoms with Crippen molar-refractivity contribution in [2.24, 2.45) is 0 Å². The lowest BCUT2D eigenvalue weighted by molar-refractivity contribution is -0.386. The molecule has 0 amide bonds. The summed E-state index contributed by atoms with van der Waals surface area (Å²) in [7, 11) is 0. The van der Waals surface area contributed by atoms with E-state index in [4.69, 9.17) is 87.4 Å². The molecule has 566 valence electrons. The van der Waals surface area contributed by atoms with E-state index in [-0.39, 0.29) is 78.2 Å². The van der Waals surface area contributed by atoms with E-state index in [9.17, 15) is 24.8 Å². The van der Waals surface area contributed by atoms with Crippen molar-refractivity contribution in [1.82, 2.24) is 0 Å². The Balaban J connectivity index is 0.973. The number of phenols is 1. The number of nitrogens with zero attached hydrogens (tertiary/aromatic N) is 1. The quantitative estimate of drug-likeness (QED) is 0.0163. The molecule has 0 bridgehead atoms. The molecule has 15 atom stereocenters. The van der Waals surface area contributed by atoms with E-state index >= 15 is 0 Å². The summed E-state index contributed by atoms with van der Waals surface area (Å²) in [6.45, 7) is 0.720. The second kappa shape index (κ2) is 40.9. The maximum absolute atomic E-state index is 14.0. The number of esters is 2. The van der Waals surface area contributed by atoms with Crippen molar-refractivity contribution in [3.63, 3.8) is 0 Å². The number of benzene rings is 9. The van der Waals surface area contributed by atoms with Crippen molar-refractivity contribution in [3.8, 4) is 5.75 Å². The summed E-state index contributed by atoms with van der Waals surface area (Å²) in [6, 6.07) is 80.0. The van der Waals surface area contributed by atoms with Crippen LogP contribution in [0.1, 0.15) is 57.0 Å². The highest BCUT2D eigenvalue weighted by molar-refractivity contribution is 6.26. The average Bonchev–Trinajstić information content (AvgIpc) is 0.801. The summed E-state index contributed by atoms with van der Waals surface area (Å²) in [4.78, 5) is 39.6. The third-order valence-electron chi connectivity index (χ3n) is 18.3. The van der Waals surface area contributed by atoms with Gasteiger partial charge in [-0.15, -0.1) is 11.6 Å². The lowest BCUT2D eigenvalue weighted by atomic mass is 9.95. The summed E-state index contributed by atoms with van der Waals surface area (Å²) in [6.07, 6.45) is -19.1. The van der Waals surface area contributed by atoms with Gasteiger partial charge in [-0.1, -0.05) is 249 Å². The molecule has 3 aliphatic rings. The molecular weight excluding hydrogens is 1410 g/mol. The standard InChI is InChI=1S/C85H88ClNO21/c1-58(88)103-82-78(99-52-65-38-22-8-23-39-65)75(96-49-62-32-16-5-17-33-62)71(56-94-47-60-28-12-3-13-29-60)106-85(82)108-79-76(97-50-63-34-18-6-19-35-63)72(105-83(80(79)100-53-66-40-24-9-25-41-66)101-54-67-42-43-69(89)68(44-67)87(91)92)57-102-84-81(107-73(90)45-86)77(98-51-64-36-20-7-21-37-64)74(95-48-61-30-14-4-15-31-61)70(104-84)55-93-46-59-26-10-2-11-27-59/h2-44,70-72,74-85,89H,45-57H2,1H3/t70-,71-,72-,74-,75-,76-,77+,78+,79+,80+,81+,82+,83+,84+,85-/m1/s1. The highest BCUT2D eigenvalue weighted by Gasteiger charge is 2.57. The number of alkyl halides is 1. The minimum atomic E-state index is -1.58. The van der Waals surface area contributed by atoms with E-state index in [1.54, 1.807) is 0 Å². The van der Waals surface area contributed by atoms with Gasteiger partial charge in [0.05, 0.1) is 84.2 Å². The van der Waals surface area contributed by atoms with Gasteiger partial charge in [0.2, 0.25) is 0 Å². The molecule has 0 aliphatic carbocycles. The number of aromatic hydroxyl groups is 1. The molecule has 0 radical (unpaired) electrons. The second-order valence-electron chi connectivity index (χ2n) is 26.2. The van der Waals surface area contributed by atoms with Gasteiger partial charge >= 0.3 is 17.6 Å². The van der Waals surface area contributed by atoms with E-state index in [0.717, 1.165) is 44.5 Å². The summed E-state index contributed by atoms with van der Waals surface area (Å²) >= 11 is 6.34. The molecule has 9 aromatic rings. The van der Waals surface area contributed by atoms with Gasteiger partial charge in [-0.3, -0.25) is 19.7 Å². The van der Waals surface area contributed by atoms with Gasteiger partial charge < -0.3 is 80.9 Å². The van der Waals surface area contributed by atoms with Gasteiger partial charge in [-0.2, -0.15) is 0 Å². The lowest BCUT2D eigenvalue weighted by Gasteiger charge is -2.50. The zero-order valence-corrected chi connectivity index (χ0v) is 60.4. The molecule has 0 spiro atoms. The van der Waals surface area contributed by atoms with E-state index in [2.05, 4.69) is 0 Å². The topological polar surface area (TPSA) is 245 Å². The SMILES string of the molecule is CC(=O)O[C@@H]1[C@@H](O[C@@H]2[C@H](OCc3ccccc3)[C@@H](OCc3ccc(O)c([N+](=O)[O-])c3)O[C@H](CO[C@H]3O[C@H](COCc4ccccc4)[C@@H](OCc4ccccc4)[C@H](OCc4ccccc4)[C@@H]3OC(=O)CCl)[C@H]2OCc2ccccc2)O[C@H](COCc2ccccc2)[C@@H](OCc2ccccc2)[C@@H]1OCc1ccccc1. The van der Waals surface area contributed by atoms with Crippen molar-refractivity contribution < 1.29 is 95.4 Å². The highest BCUT2D eigenvalue weighted by atomic mass is 35.5. The highest BCUT2D eigenvalue weighted by Crippen LogP contribution is 2.39. The number of carbonyl (C=O) groups excluding carboxylic acids is 2. The van der Waals surface area contributed by atoms with Crippen LogP contribution in [0.2, 0.25) is 0 Å². The van der Waals surface area contributed by atoms with Crippen LogP contribution in [0.3, 0.4) is 0 Å². The molecule has 0 aromatic heterocycles. The first kappa shape index (κ1) is 78.4. The first-order chi connectivity index (χ1) is 53.0. The molecule has 12 rings (SSSR count). The summed E-state index contributed by atoms with van der Waals surface area (Å²) in [5, 5.41) is 23.0. The van der Waals surface area contributed by atoms with Crippen molar-refractivity contribution in [2.75, 3.05) is 25.7 Å². The molecule has 108 heavy (non-hydrogen) atoms. The summed E-state index contributed by atoms with van der Waals surface area (Å²) in [5.74, 6) is -2.65. The van der Waals surface area contributed by atoms with Crippen molar-refractivity contribution in [1.29, 1.82) is 0 Å². The molecule has 22 nitrogen and oxygen atoms in total. The van der Waals surface area contributed by atoms with Crippen LogP contribution in [-0.4, -0.2) is 140 Å². The van der Waals surface area contributed by atoms with Crippen molar-refractivity contribution in [3.05, 3.63) is 321 Å². The Kier molecular flexibility index (Phi) is 29.7. The van der Waals surface area contributed by atoms with Crippen LogP contribution in [0.5, 0.6) is 5.75 Å². The Morgan fingerprint density at radius 3 is 1.05 bits per heavy atom. The number of rotatable bonds is 38. The van der Waals surface area contributed by atoms with Crippen molar-refractivity contribution in [2.45, 2.75) is 159 Å². The van der Waals surface area contributed by atoms with Gasteiger partial charge in [0.25, 0.3) is 0 Å². The van der Waals surface area contributed by atoms with Crippen LogP contribution < -0.4 is 0 Å². The Hall–Kier alpha value is -9.15. The third kappa shape index (κ3) is 22.7. The number of carbonyl (C=O) groups is 2. The summed E-state index contributed by atoms with van der Waals surface area (Å²) < 4.78 is 111. The fraction of sp³-hybridized carbons (Fsp3) is 0.341. The van der Waals surface area contributed by atoms with Gasteiger partial charge in [0.1, 0.15) is 66.9 Å². The number of halogens is 1. The molecule has 23 heteroatoms. The van der Waals surface area contributed by atoms with Crippen LogP contribution in [0.15, 0.2) is 261 Å². The first-order valence-electron chi connectivity index (χ1n) is 35.9. The average molecular weight is 1500 g/mol. The molecule has 3 saturated heterocycles. The number of nitro benzene ring substituents is 1. The van der Waals surface area contributed by atoms with E-state index in [1.807, 2.05) is 243 Å². The van der Waals surface area contributed by atoms with E-state index in [0.29, 0.717) is 0 Å². The van der Waals surface area contributed by atoms with Gasteiger partial charge in [-0.25, -0.2) is 0 Å². The minimum Gasteiger partial charge on any atom is -0.502 e. The van der Waals surface area contributed by atoms with Gasteiger partial charge in [-0.05, 0) is 56.1 Å². The molecule has 3 heterocycles. The van der Waals surface area contributed by atoms with Gasteiger partial charge in [0.15, 0.2) is 36.8 Å². The lowest BCUT2D eigenvalue weighted by Crippen LogP contribution is -2.67. The minimum absolute atomic E-state index is 0.0227. The van der Waals surface area contributed by atoms with Crippen LogP contribution in [0, 0.1) is 10.1 Å². The normalized spacial score (nSPS) is 24.1. The predicted molar refractivity (Wildman–Crippen MR) is 395 cm³/mol. The number of ether oxygens (including phenoxy) is 16. The smallest absolute Gasteiger partial charge is 0.321 e. The maximum atomic E-state index is 14.0. The van der Waals surface area contributed by atoms with Crippen LogP contribution in [-0.2, 0) is 145 Å². The van der Waals surface area contributed by atoms with Crippen molar-refractivity contribution >= 4 is 29.2 Å². The second-order valence-corrected chi connectivity index (χ2v) is 26.5. The van der Waals surface area contributed by atoms with Crippen LogP contribution in [0.4, 0.5) is 5.69 Å². The molecular formula is C85H88ClNO21. The monoisotopic (exact) mass is 1490 g/mol. The zero-order chi connectivity index (χ0) is 74.7. The largest absolute Gasteiger partial charge is 0.502 e. The Bertz CT molecular complexity index is 4130. The predicted octanol–water partition coefficient (Wildman–Crippen LogP) is 13.4. The number of hydrogen-bond donors (Lipinski definition) is 1. The Morgan fingerprint density at radius 1 is 0.361 bits per heavy atom. The third-order valence-corrected chi connectivity index (χ3v) is 18.5. The molecule has 3 aliphatic heterocycles. The van der Waals surface area contributed by atoms with E-state index in [1.165, 1.54) is 25.1 Å². The number of phenolic OH excluding ortho intramolecular Hbond substituents is 1. The molecule has 1 N–H and O–H groups in total. The Morgan fingerprint density at radius 2 is 0.676 bits per heavy atom. The van der Waals surface area contributed by atoms with Crippen LogP contribution >= 0.6 is 11.6 Å². The van der Waals surface area contributed by atoms with Gasteiger partial charge in [0, 0.05) is 13.0 Å². The number of nitro groups is 1. The molecule has 0 saturated carbocycles. The summed E-state index contributed by atoms with van der Waals surface area (Å²) in [5.41, 5.74) is 6.23. The van der Waals surface area contributed by atoms with E-state index < -0.39 is 133 Å². The number of hydrogen-bond acceptors (Lipinski definition) is 21. The maximum Gasteiger partial charge on any atom is 0.321 e. The fourth-order valence-electron chi connectivity index (χ4n) is 13.0. The zero-order valence-electron chi connectivity index (χ0n) is 59.6. The Labute approximate surface area is 632 Å². The molecule has 9 aromatic carbocycles. The fourth-order valence-corrected chi connectivity index (χ4v) is 13.1.